The summed E-state index contributed by atoms with van der Waals surface area (Å²) in [5.41, 5.74) is 6.07. The van der Waals surface area contributed by atoms with Crippen molar-refractivity contribution in [3.05, 3.63) is 0 Å². The van der Waals surface area contributed by atoms with Crippen LogP contribution in [0.1, 0.15) is 39.5 Å². The van der Waals surface area contributed by atoms with Crippen LogP contribution < -0.4 is 5.73 Å². The van der Waals surface area contributed by atoms with Gasteiger partial charge in [-0.05, 0) is 38.5 Å². The van der Waals surface area contributed by atoms with Crippen LogP contribution in [0, 0.1) is 5.92 Å². The Morgan fingerprint density at radius 1 is 1.47 bits per heavy atom. The van der Waals surface area contributed by atoms with Gasteiger partial charge in [0.25, 0.3) is 0 Å². The van der Waals surface area contributed by atoms with Crippen LogP contribution in [-0.4, -0.2) is 32.0 Å². The molecule has 0 radical (unpaired) electrons. The van der Waals surface area contributed by atoms with Crippen LogP contribution >= 0.6 is 0 Å². The first-order chi connectivity index (χ1) is 7.12. The first-order valence-corrected chi connectivity index (χ1v) is 6.01. The molecular formula is C12H25NO2. The summed E-state index contributed by atoms with van der Waals surface area (Å²) >= 11 is 0. The quantitative estimate of drug-likeness (QED) is 0.762. The molecule has 0 aromatic rings. The molecule has 2 atom stereocenters. The third-order valence-corrected chi connectivity index (χ3v) is 3.88. The zero-order valence-corrected chi connectivity index (χ0v) is 10.3. The largest absolute Gasteiger partial charge is 0.381 e. The standard InChI is InChI=1S/C12H25NO2/c1-4-12(2,14-3)11(13)9-10-5-7-15-8-6-10/h10-11H,4-9,13H2,1-3H3. The summed E-state index contributed by atoms with van der Waals surface area (Å²) in [6, 6.07) is 0.135. The van der Waals surface area contributed by atoms with Crippen LogP contribution in [0.25, 0.3) is 0 Å². The molecule has 1 rings (SSSR count). The van der Waals surface area contributed by atoms with E-state index < -0.39 is 0 Å². The number of nitrogens with two attached hydrogens (primary N) is 1. The first kappa shape index (κ1) is 12.9. The molecule has 15 heavy (non-hydrogen) atoms. The maximum atomic E-state index is 6.24. The molecule has 0 aromatic carbocycles. The van der Waals surface area contributed by atoms with Gasteiger partial charge in [-0.1, -0.05) is 6.92 Å². The lowest BCUT2D eigenvalue weighted by atomic mass is 9.84. The van der Waals surface area contributed by atoms with Crippen molar-refractivity contribution in [1.82, 2.24) is 0 Å². The smallest absolute Gasteiger partial charge is 0.0798 e. The highest BCUT2D eigenvalue weighted by atomic mass is 16.5. The van der Waals surface area contributed by atoms with Gasteiger partial charge in [0.05, 0.1) is 5.60 Å². The van der Waals surface area contributed by atoms with Gasteiger partial charge >= 0.3 is 0 Å². The van der Waals surface area contributed by atoms with E-state index in [2.05, 4.69) is 13.8 Å². The topological polar surface area (TPSA) is 44.5 Å². The minimum atomic E-state index is -0.168. The van der Waals surface area contributed by atoms with Crippen molar-refractivity contribution in [2.45, 2.75) is 51.2 Å². The van der Waals surface area contributed by atoms with Crippen molar-refractivity contribution in [3.8, 4) is 0 Å². The van der Waals surface area contributed by atoms with Crippen molar-refractivity contribution in [3.63, 3.8) is 0 Å². The van der Waals surface area contributed by atoms with Crippen LogP contribution in [0.2, 0.25) is 0 Å². The summed E-state index contributed by atoms with van der Waals surface area (Å²) in [6.07, 6.45) is 4.32. The number of hydrogen-bond donors (Lipinski definition) is 1. The van der Waals surface area contributed by atoms with Crippen LogP contribution in [-0.2, 0) is 9.47 Å². The lowest BCUT2D eigenvalue weighted by Crippen LogP contribution is -2.48. The number of hydrogen-bond acceptors (Lipinski definition) is 3. The van der Waals surface area contributed by atoms with E-state index in [0.29, 0.717) is 0 Å². The molecule has 90 valence electrons. The summed E-state index contributed by atoms with van der Waals surface area (Å²) in [6.45, 7) is 6.03. The van der Waals surface area contributed by atoms with E-state index >= 15 is 0 Å². The van der Waals surface area contributed by atoms with Gasteiger partial charge in [0, 0.05) is 26.4 Å². The van der Waals surface area contributed by atoms with Crippen LogP contribution in [0.4, 0.5) is 0 Å². The highest BCUT2D eigenvalue weighted by molar-refractivity contribution is 4.87. The Balaban J connectivity index is 2.41. The van der Waals surface area contributed by atoms with E-state index in [-0.39, 0.29) is 11.6 Å². The molecule has 0 amide bonds. The van der Waals surface area contributed by atoms with Gasteiger partial charge in [0.2, 0.25) is 0 Å². The highest BCUT2D eigenvalue weighted by Crippen LogP contribution is 2.27. The molecule has 1 saturated heterocycles. The van der Waals surface area contributed by atoms with E-state index in [1.165, 1.54) is 0 Å². The van der Waals surface area contributed by atoms with E-state index in [1.807, 2.05) is 0 Å². The van der Waals surface area contributed by atoms with Crippen LogP contribution in [0.15, 0.2) is 0 Å². The molecule has 3 heteroatoms. The Bertz CT molecular complexity index is 174. The molecule has 1 aliphatic heterocycles. The highest BCUT2D eigenvalue weighted by Gasteiger charge is 2.31. The van der Waals surface area contributed by atoms with Crippen molar-refractivity contribution in [1.29, 1.82) is 0 Å². The van der Waals surface area contributed by atoms with Gasteiger partial charge in [-0.3, -0.25) is 0 Å². The first-order valence-electron chi connectivity index (χ1n) is 6.01. The van der Waals surface area contributed by atoms with Gasteiger partial charge in [0.1, 0.15) is 0 Å². The molecule has 1 aliphatic rings. The van der Waals surface area contributed by atoms with Crippen LogP contribution in [0.3, 0.4) is 0 Å². The van der Waals surface area contributed by atoms with Crippen molar-refractivity contribution in [2.24, 2.45) is 11.7 Å². The van der Waals surface area contributed by atoms with Gasteiger partial charge in [-0.25, -0.2) is 0 Å². The van der Waals surface area contributed by atoms with Gasteiger partial charge in [-0.15, -0.1) is 0 Å². The van der Waals surface area contributed by atoms with E-state index in [4.69, 9.17) is 15.2 Å². The normalized spacial score (nSPS) is 24.8. The summed E-state index contributed by atoms with van der Waals surface area (Å²) in [5.74, 6) is 0.717. The predicted octanol–water partition coefficient (Wildman–Crippen LogP) is 1.95. The molecule has 2 unspecified atom stereocenters. The average Bonchev–Trinajstić information content (AvgIpc) is 2.29. The lowest BCUT2D eigenvalue weighted by molar-refractivity contribution is -0.0301. The fraction of sp³-hybridized carbons (Fsp3) is 1.00. The van der Waals surface area contributed by atoms with Gasteiger partial charge < -0.3 is 15.2 Å². The molecule has 3 nitrogen and oxygen atoms in total. The summed E-state index contributed by atoms with van der Waals surface area (Å²) in [7, 11) is 1.76. The molecule has 0 aromatic heterocycles. The Kier molecular flexibility index (Phi) is 5.03. The monoisotopic (exact) mass is 215 g/mol. The maximum absolute atomic E-state index is 6.24. The third kappa shape index (κ3) is 3.44. The van der Waals surface area contributed by atoms with E-state index in [0.717, 1.165) is 44.8 Å². The van der Waals surface area contributed by atoms with Gasteiger partial charge in [0.15, 0.2) is 0 Å². The molecule has 2 N–H and O–H groups in total. The summed E-state index contributed by atoms with van der Waals surface area (Å²) in [4.78, 5) is 0. The Hall–Kier alpha value is -0.120. The Morgan fingerprint density at radius 3 is 2.53 bits per heavy atom. The third-order valence-electron chi connectivity index (χ3n) is 3.88. The fourth-order valence-corrected chi connectivity index (χ4v) is 2.15. The molecule has 0 bridgehead atoms. The fourth-order valence-electron chi connectivity index (χ4n) is 2.15. The SMILES string of the molecule is CCC(C)(OC)C(N)CC1CCOCC1. The van der Waals surface area contributed by atoms with Gasteiger partial charge in [-0.2, -0.15) is 0 Å². The van der Waals surface area contributed by atoms with Crippen molar-refractivity contribution in [2.75, 3.05) is 20.3 Å². The summed E-state index contributed by atoms with van der Waals surface area (Å²) < 4.78 is 10.9. The van der Waals surface area contributed by atoms with E-state index in [9.17, 15) is 0 Å². The molecule has 0 spiro atoms. The Morgan fingerprint density at radius 2 is 2.07 bits per heavy atom. The second-order valence-electron chi connectivity index (χ2n) is 4.77. The second kappa shape index (κ2) is 5.83. The summed E-state index contributed by atoms with van der Waals surface area (Å²) in [5, 5.41) is 0. The average molecular weight is 215 g/mol. The molecule has 0 saturated carbocycles. The zero-order chi connectivity index (χ0) is 11.3. The second-order valence-corrected chi connectivity index (χ2v) is 4.77. The minimum absolute atomic E-state index is 0.135. The predicted molar refractivity (Wildman–Crippen MR) is 61.8 cm³/mol. The van der Waals surface area contributed by atoms with E-state index in [1.54, 1.807) is 7.11 Å². The lowest BCUT2D eigenvalue weighted by Gasteiger charge is -2.36. The van der Waals surface area contributed by atoms with Crippen LogP contribution in [0.5, 0.6) is 0 Å². The molecular weight excluding hydrogens is 190 g/mol. The molecule has 0 aliphatic carbocycles. The zero-order valence-electron chi connectivity index (χ0n) is 10.3. The molecule has 1 fully saturated rings. The Labute approximate surface area is 93.3 Å². The number of methoxy groups -OCH3 is 1. The minimum Gasteiger partial charge on any atom is -0.381 e. The van der Waals surface area contributed by atoms with Crippen molar-refractivity contribution >= 4 is 0 Å². The van der Waals surface area contributed by atoms with Crippen molar-refractivity contribution < 1.29 is 9.47 Å². The number of rotatable bonds is 5. The maximum Gasteiger partial charge on any atom is 0.0798 e. The number of ether oxygens (including phenoxy) is 2. The molecule has 1 heterocycles.